The molecule has 0 spiro atoms. The third-order valence-corrected chi connectivity index (χ3v) is 3.77. The van der Waals surface area contributed by atoms with Gasteiger partial charge in [0.2, 0.25) is 0 Å². The van der Waals surface area contributed by atoms with Crippen molar-refractivity contribution in [3.8, 4) is 0 Å². The highest BCUT2D eigenvalue weighted by atomic mass is 35.5. The van der Waals surface area contributed by atoms with Crippen LogP contribution in [0.15, 0.2) is 24.3 Å². The molecular formula is C13H18ClN. The molecule has 0 aliphatic heterocycles. The van der Waals surface area contributed by atoms with Crippen molar-refractivity contribution in [2.24, 2.45) is 5.92 Å². The molecular weight excluding hydrogens is 206 g/mol. The van der Waals surface area contributed by atoms with Gasteiger partial charge in [0.1, 0.15) is 0 Å². The van der Waals surface area contributed by atoms with Crippen LogP contribution in [0.4, 0.5) is 0 Å². The molecule has 0 radical (unpaired) electrons. The molecule has 0 bridgehead atoms. The highest BCUT2D eigenvalue weighted by molar-refractivity contribution is 6.31. The second-order valence-corrected chi connectivity index (χ2v) is 4.74. The number of halogens is 1. The number of rotatable bonds is 3. The number of hydrogen-bond donors (Lipinski definition) is 1. The molecule has 0 heterocycles. The number of benzene rings is 1. The third-order valence-electron chi connectivity index (χ3n) is 3.42. The fourth-order valence-corrected chi connectivity index (χ4v) is 2.92. The Kier molecular flexibility index (Phi) is 3.66. The molecule has 0 saturated heterocycles. The average Bonchev–Trinajstić information content (AvgIpc) is 2.75. The lowest BCUT2D eigenvalue weighted by Crippen LogP contribution is -2.23. The standard InChI is InChI=1S/C13H18ClN/c1-15-13(10-6-2-3-7-10)11-8-4-5-9-12(11)14/h4-5,8-10,13,15H,2-3,6-7H2,1H3. The van der Waals surface area contributed by atoms with E-state index >= 15 is 0 Å². The van der Waals surface area contributed by atoms with Gasteiger partial charge in [-0.2, -0.15) is 0 Å². The summed E-state index contributed by atoms with van der Waals surface area (Å²) in [7, 11) is 2.03. The summed E-state index contributed by atoms with van der Waals surface area (Å²) in [6, 6.07) is 8.62. The van der Waals surface area contributed by atoms with Crippen molar-refractivity contribution >= 4 is 11.6 Å². The van der Waals surface area contributed by atoms with E-state index in [2.05, 4.69) is 17.4 Å². The average molecular weight is 224 g/mol. The van der Waals surface area contributed by atoms with Gasteiger partial charge in [0, 0.05) is 11.1 Å². The summed E-state index contributed by atoms with van der Waals surface area (Å²) < 4.78 is 0. The van der Waals surface area contributed by atoms with Crippen molar-refractivity contribution in [2.45, 2.75) is 31.7 Å². The lowest BCUT2D eigenvalue weighted by Gasteiger charge is -2.24. The highest BCUT2D eigenvalue weighted by Gasteiger charge is 2.26. The zero-order valence-corrected chi connectivity index (χ0v) is 9.93. The minimum Gasteiger partial charge on any atom is -0.313 e. The van der Waals surface area contributed by atoms with Gasteiger partial charge in [-0.15, -0.1) is 0 Å². The van der Waals surface area contributed by atoms with Crippen molar-refractivity contribution in [1.29, 1.82) is 0 Å². The molecule has 1 N–H and O–H groups in total. The van der Waals surface area contributed by atoms with Crippen LogP contribution < -0.4 is 5.32 Å². The maximum atomic E-state index is 6.24. The minimum absolute atomic E-state index is 0.432. The van der Waals surface area contributed by atoms with Gasteiger partial charge in [0.25, 0.3) is 0 Å². The first-order valence-corrected chi connectivity index (χ1v) is 6.12. The lowest BCUT2D eigenvalue weighted by atomic mass is 9.92. The first-order valence-electron chi connectivity index (χ1n) is 5.74. The summed E-state index contributed by atoms with van der Waals surface area (Å²) in [6.07, 6.45) is 5.40. The molecule has 1 saturated carbocycles. The Labute approximate surface area is 96.8 Å². The summed E-state index contributed by atoms with van der Waals surface area (Å²) >= 11 is 6.24. The smallest absolute Gasteiger partial charge is 0.0453 e. The maximum absolute atomic E-state index is 6.24. The minimum atomic E-state index is 0.432. The van der Waals surface area contributed by atoms with Crippen LogP contribution in [0.1, 0.15) is 37.3 Å². The van der Waals surface area contributed by atoms with Crippen molar-refractivity contribution in [3.63, 3.8) is 0 Å². The summed E-state index contributed by atoms with van der Waals surface area (Å²) in [5, 5.41) is 4.31. The second-order valence-electron chi connectivity index (χ2n) is 4.33. The van der Waals surface area contributed by atoms with Crippen molar-refractivity contribution in [2.75, 3.05) is 7.05 Å². The molecule has 82 valence electrons. The van der Waals surface area contributed by atoms with Crippen molar-refractivity contribution in [1.82, 2.24) is 5.32 Å². The molecule has 1 atom stereocenters. The zero-order chi connectivity index (χ0) is 10.7. The van der Waals surface area contributed by atoms with Gasteiger partial charge < -0.3 is 5.32 Å². The van der Waals surface area contributed by atoms with Gasteiger partial charge in [0.05, 0.1) is 0 Å². The Hall–Kier alpha value is -0.530. The highest BCUT2D eigenvalue weighted by Crippen LogP contribution is 2.37. The molecule has 1 fully saturated rings. The van der Waals surface area contributed by atoms with E-state index in [1.165, 1.54) is 31.2 Å². The van der Waals surface area contributed by atoms with Crippen LogP contribution in [0, 0.1) is 5.92 Å². The first-order chi connectivity index (χ1) is 7.33. The Balaban J connectivity index is 2.22. The largest absolute Gasteiger partial charge is 0.313 e. The molecule has 0 aromatic heterocycles. The molecule has 1 unspecified atom stereocenters. The Morgan fingerprint density at radius 1 is 1.27 bits per heavy atom. The lowest BCUT2D eigenvalue weighted by molar-refractivity contribution is 0.390. The molecule has 1 aliphatic rings. The van der Waals surface area contributed by atoms with E-state index in [0.29, 0.717) is 6.04 Å². The van der Waals surface area contributed by atoms with Gasteiger partial charge >= 0.3 is 0 Å². The van der Waals surface area contributed by atoms with Gasteiger partial charge in [-0.1, -0.05) is 42.6 Å². The SMILES string of the molecule is CNC(c1ccccc1Cl)C1CCCC1. The zero-order valence-electron chi connectivity index (χ0n) is 9.17. The normalized spacial score (nSPS) is 19.3. The molecule has 1 aliphatic carbocycles. The summed E-state index contributed by atoms with van der Waals surface area (Å²) in [5.74, 6) is 0.759. The van der Waals surface area contributed by atoms with Crippen LogP contribution in [0.2, 0.25) is 5.02 Å². The summed E-state index contributed by atoms with van der Waals surface area (Å²) in [6.45, 7) is 0. The van der Waals surface area contributed by atoms with E-state index in [-0.39, 0.29) is 0 Å². The third kappa shape index (κ3) is 2.35. The monoisotopic (exact) mass is 223 g/mol. The summed E-state index contributed by atoms with van der Waals surface area (Å²) in [5.41, 5.74) is 1.26. The second kappa shape index (κ2) is 5.00. The van der Waals surface area contributed by atoms with E-state index in [4.69, 9.17) is 11.6 Å². The van der Waals surface area contributed by atoms with E-state index in [1.54, 1.807) is 0 Å². The van der Waals surface area contributed by atoms with Crippen molar-refractivity contribution in [3.05, 3.63) is 34.9 Å². The van der Waals surface area contributed by atoms with E-state index in [9.17, 15) is 0 Å². The van der Waals surface area contributed by atoms with Crippen LogP contribution in [-0.4, -0.2) is 7.05 Å². The Morgan fingerprint density at radius 3 is 2.53 bits per heavy atom. The van der Waals surface area contributed by atoms with E-state index in [0.717, 1.165) is 10.9 Å². The fraction of sp³-hybridized carbons (Fsp3) is 0.538. The molecule has 0 amide bonds. The van der Waals surface area contributed by atoms with Crippen LogP contribution in [0.25, 0.3) is 0 Å². The topological polar surface area (TPSA) is 12.0 Å². The summed E-state index contributed by atoms with van der Waals surface area (Å²) in [4.78, 5) is 0. The van der Waals surface area contributed by atoms with Crippen molar-refractivity contribution < 1.29 is 0 Å². The quantitative estimate of drug-likeness (QED) is 0.822. The molecule has 1 nitrogen and oxygen atoms in total. The Bertz CT molecular complexity index is 318. The molecule has 2 rings (SSSR count). The van der Waals surface area contributed by atoms with E-state index in [1.807, 2.05) is 19.2 Å². The fourth-order valence-electron chi connectivity index (χ4n) is 2.66. The van der Waals surface area contributed by atoms with Gasteiger partial charge in [-0.3, -0.25) is 0 Å². The molecule has 2 heteroatoms. The van der Waals surface area contributed by atoms with Gasteiger partial charge in [0.15, 0.2) is 0 Å². The van der Waals surface area contributed by atoms with Crippen LogP contribution >= 0.6 is 11.6 Å². The van der Waals surface area contributed by atoms with Crippen LogP contribution in [0.5, 0.6) is 0 Å². The predicted molar refractivity (Wildman–Crippen MR) is 65.2 cm³/mol. The number of nitrogens with one attached hydrogen (secondary N) is 1. The van der Waals surface area contributed by atoms with Crippen LogP contribution in [0.3, 0.4) is 0 Å². The van der Waals surface area contributed by atoms with Gasteiger partial charge in [-0.25, -0.2) is 0 Å². The maximum Gasteiger partial charge on any atom is 0.0453 e. The number of hydrogen-bond acceptors (Lipinski definition) is 1. The first kappa shape index (κ1) is 11.0. The van der Waals surface area contributed by atoms with E-state index < -0.39 is 0 Å². The Morgan fingerprint density at radius 2 is 1.93 bits per heavy atom. The van der Waals surface area contributed by atoms with Crippen LogP contribution in [-0.2, 0) is 0 Å². The molecule has 1 aromatic carbocycles. The predicted octanol–water partition coefficient (Wildman–Crippen LogP) is 3.79. The molecule has 1 aromatic rings. The van der Waals surface area contributed by atoms with Gasteiger partial charge in [-0.05, 0) is 37.4 Å². The molecule has 15 heavy (non-hydrogen) atoms.